The molecule has 1 amide bonds. The van der Waals surface area contributed by atoms with Crippen molar-refractivity contribution in [1.29, 1.82) is 0 Å². The number of aliphatic hydroxyl groups is 1. The Balaban J connectivity index is 1.82. The predicted molar refractivity (Wildman–Crippen MR) is 113 cm³/mol. The minimum absolute atomic E-state index is 0.0204. The van der Waals surface area contributed by atoms with E-state index in [-0.39, 0.29) is 24.5 Å². The average Bonchev–Trinajstić information content (AvgIpc) is 3.11. The molecule has 3 rings (SSSR count). The number of amides is 1. The highest BCUT2D eigenvalue weighted by molar-refractivity contribution is 5.88. The second-order valence-corrected chi connectivity index (χ2v) is 8.32. The lowest BCUT2D eigenvalue weighted by Crippen LogP contribution is -2.61. The molecule has 0 radical (unpaired) electrons. The van der Waals surface area contributed by atoms with Gasteiger partial charge in [0.2, 0.25) is 5.91 Å². The van der Waals surface area contributed by atoms with Crippen LogP contribution in [0.2, 0.25) is 0 Å². The van der Waals surface area contributed by atoms with Gasteiger partial charge in [0.05, 0.1) is 12.6 Å². The molecule has 0 saturated carbocycles. The van der Waals surface area contributed by atoms with Crippen LogP contribution in [0.15, 0.2) is 54.6 Å². The number of aliphatic hydroxyl groups excluding tert-OH is 1. The summed E-state index contributed by atoms with van der Waals surface area (Å²) in [7, 11) is 2.05. The van der Waals surface area contributed by atoms with Crippen molar-refractivity contribution >= 4 is 5.91 Å². The lowest BCUT2D eigenvalue weighted by molar-refractivity contribution is -0.134. The minimum Gasteiger partial charge on any atom is -0.394 e. The zero-order chi connectivity index (χ0) is 20.1. The van der Waals surface area contributed by atoms with Gasteiger partial charge in [-0.3, -0.25) is 9.69 Å². The van der Waals surface area contributed by atoms with Gasteiger partial charge in [0.15, 0.2) is 0 Å². The molecule has 0 aromatic heterocycles. The van der Waals surface area contributed by atoms with E-state index in [9.17, 15) is 9.90 Å². The molecule has 0 spiro atoms. The van der Waals surface area contributed by atoms with Crippen molar-refractivity contribution < 1.29 is 9.90 Å². The number of nitrogens with zero attached hydrogens (tertiary/aromatic N) is 1. The van der Waals surface area contributed by atoms with Crippen LogP contribution < -0.4 is 5.32 Å². The van der Waals surface area contributed by atoms with E-state index in [2.05, 4.69) is 53.7 Å². The van der Waals surface area contributed by atoms with Crippen molar-refractivity contribution in [3.05, 3.63) is 71.3 Å². The molecule has 28 heavy (non-hydrogen) atoms. The summed E-state index contributed by atoms with van der Waals surface area (Å²) in [6.07, 6.45) is 2.31. The number of nitrogens with one attached hydrogen (secondary N) is 1. The molecule has 0 bridgehead atoms. The highest BCUT2D eigenvalue weighted by Gasteiger charge is 2.47. The molecule has 1 aliphatic rings. The summed E-state index contributed by atoms with van der Waals surface area (Å²) in [5.41, 5.74) is 3.15. The summed E-state index contributed by atoms with van der Waals surface area (Å²) >= 11 is 0. The molecule has 1 aliphatic carbocycles. The number of rotatable bonds is 8. The van der Waals surface area contributed by atoms with Crippen LogP contribution in [0.25, 0.3) is 0 Å². The van der Waals surface area contributed by atoms with Gasteiger partial charge in [-0.25, -0.2) is 0 Å². The van der Waals surface area contributed by atoms with Gasteiger partial charge in [-0.2, -0.15) is 0 Å². The minimum atomic E-state index is -0.610. The van der Waals surface area contributed by atoms with E-state index < -0.39 is 5.54 Å². The molecular formula is C24H32N2O2. The van der Waals surface area contributed by atoms with Gasteiger partial charge >= 0.3 is 0 Å². The largest absolute Gasteiger partial charge is 0.394 e. The van der Waals surface area contributed by atoms with E-state index in [1.54, 1.807) is 0 Å². The molecule has 2 aromatic carbocycles. The summed E-state index contributed by atoms with van der Waals surface area (Å²) in [6.45, 7) is 4.81. The molecule has 2 aromatic rings. The van der Waals surface area contributed by atoms with Gasteiger partial charge in [0.1, 0.15) is 5.54 Å². The fourth-order valence-electron chi connectivity index (χ4n) is 4.08. The van der Waals surface area contributed by atoms with Crippen LogP contribution in [0.4, 0.5) is 0 Å². The molecule has 0 aliphatic heterocycles. The molecule has 0 fully saturated rings. The quantitative estimate of drug-likeness (QED) is 0.740. The SMILES string of the molecule is CC(C)[C@@H](CO)NC(=O)C1(N(C)CCc2ccccc2)Cc2ccccc2C1. The molecule has 4 nitrogen and oxygen atoms in total. The first-order valence-electron chi connectivity index (χ1n) is 10.2. The van der Waals surface area contributed by atoms with E-state index in [0.29, 0.717) is 12.8 Å². The van der Waals surface area contributed by atoms with Gasteiger partial charge in [-0.1, -0.05) is 68.4 Å². The Kier molecular flexibility index (Phi) is 6.53. The first kappa shape index (κ1) is 20.6. The lowest BCUT2D eigenvalue weighted by atomic mass is 9.90. The number of hydrogen-bond acceptors (Lipinski definition) is 3. The number of benzene rings is 2. The lowest BCUT2D eigenvalue weighted by Gasteiger charge is -2.39. The van der Waals surface area contributed by atoms with E-state index in [0.717, 1.165) is 13.0 Å². The topological polar surface area (TPSA) is 52.6 Å². The first-order chi connectivity index (χ1) is 13.5. The monoisotopic (exact) mass is 380 g/mol. The molecule has 150 valence electrons. The zero-order valence-electron chi connectivity index (χ0n) is 17.2. The van der Waals surface area contributed by atoms with E-state index in [1.807, 2.05) is 32.0 Å². The molecule has 4 heteroatoms. The molecule has 0 unspecified atom stereocenters. The maximum Gasteiger partial charge on any atom is 0.241 e. The molecule has 2 N–H and O–H groups in total. The van der Waals surface area contributed by atoms with Gasteiger partial charge in [0.25, 0.3) is 0 Å². The van der Waals surface area contributed by atoms with Crippen LogP contribution in [0, 0.1) is 5.92 Å². The molecular weight excluding hydrogens is 348 g/mol. The second kappa shape index (κ2) is 8.89. The van der Waals surface area contributed by atoms with Crippen LogP contribution in [0.1, 0.15) is 30.5 Å². The molecule has 1 atom stereocenters. The fraction of sp³-hybridized carbons (Fsp3) is 0.458. The Morgan fingerprint density at radius 3 is 2.18 bits per heavy atom. The molecule has 0 saturated heterocycles. The standard InChI is InChI=1S/C24H32N2O2/c1-18(2)22(17-27)25-23(28)24(15-20-11-7-8-12-21(20)16-24)26(3)14-13-19-9-5-4-6-10-19/h4-12,18,22,27H,13-17H2,1-3H3,(H,25,28)/t22-/m1/s1. The van der Waals surface area contributed by atoms with Crippen LogP contribution >= 0.6 is 0 Å². The first-order valence-corrected chi connectivity index (χ1v) is 10.2. The Morgan fingerprint density at radius 2 is 1.64 bits per heavy atom. The summed E-state index contributed by atoms with van der Waals surface area (Å²) < 4.78 is 0. The van der Waals surface area contributed by atoms with Gasteiger partial charge in [0, 0.05) is 19.4 Å². The maximum atomic E-state index is 13.5. The maximum absolute atomic E-state index is 13.5. The fourth-order valence-corrected chi connectivity index (χ4v) is 4.08. The number of hydrogen-bond donors (Lipinski definition) is 2. The Morgan fingerprint density at radius 1 is 1.07 bits per heavy atom. The smallest absolute Gasteiger partial charge is 0.241 e. The van der Waals surface area contributed by atoms with Crippen molar-refractivity contribution in [2.75, 3.05) is 20.2 Å². The highest BCUT2D eigenvalue weighted by Crippen LogP contribution is 2.34. The van der Waals surface area contributed by atoms with E-state index >= 15 is 0 Å². The number of likely N-dealkylation sites (N-methyl/N-ethyl adjacent to an activating group) is 1. The third-order valence-corrected chi connectivity index (χ3v) is 6.13. The second-order valence-electron chi connectivity index (χ2n) is 8.32. The van der Waals surface area contributed by atoms with Crippen LogP contribution in [0.5, 0.6) is 0 Å². The predicted octanol–water partition coefficient (Wildman–Crippen LogP) is 2.83. The summed E-state index contributed by atoms with van der Waals surface area (Å²) in [5.74, 6) is 0.205. The van der Waals surface area contributed by atoms with Crippen molar-refractivity contribution in [3.8, 4) is 0 Å². The number of carbonyl (C=O) groups is 1. The Hall–Kier alpha value is -2.17. The highest BCUT2D eigenvalue weighted by atomic mass is 16.3. The van der Waals surface area contributed by atoms with Crippen molar-refractivity contribution in [2.24, 2.45) is 5.92 Å². The normalized spacial score (nSPS) is 16.2. The van der Waals surface area contributed by atoms with Crippen LogP contribution in [-0.2, 0) is 24.1 Å². The summed E-state index contributed by atoms with van der Waals surface area (Å²) in [5, 5.41) is 12.8. The molecule has 0 heterocycles. The van der Waals surface area contributed by atoms with Gasteiger partial charge < -0.3 is 10.4 Å². The Bertz CT molecular complexity index is 763. The summed E-state index contributed by atoms with van der Waals surface area (Å²) in [4.78, 5) is 15.7. The van der Waals surface area contributed by atoms with Crippen LogP contribution in [0.3, 0.4) is 0 Å². The van der Waals surface area contributed by atoms with Crippen molar-refractivity contribution in [1.82, 2.24) is 10.2 Å². The van der Waals surface area contributed by atoms with Gasteiger partial charge in [-0.15, -0.1) is 0 Å². The Labute approximate surface area is 168 Å². The van der Waals surface area contributed by atoms with Crippen molar-refractivity contribution in [3.63, 3.8) is 0 Å². The number of carbonyl (C=O) groups excluding carboxylic acids is 1. The van der Waals surface area contributed by atoms with Crippen molar-refractivity contribution in [2.45, 2.75) is 44.7 Å². The average molecular weight is 381 g/mol. The third kappa shape index (κ3) is 4.29. The number of fused-ring (bicyclic) bond motifs is 1. The third-order valence-electron chi connectivity index (χ3n) is 6.13. The van der Waals surface area contributed by atoms with Crippen LogP contribution in [-0.4, -0.2) is 47.7 Å². The van der Waals surface area contributed by atoms with E-state index in [1.165, 1.54) is 16.7 Å². The summed E-state index contributed by atoms with van der Waals surface area (Å²) in [6, 6.07) is 18.5. The van der Waals surface area contributed by atoms with Gasteiger partial charge in [-0.05, 0) is 36.1 Å². The zero-order valence-corrected chi connectivity index (χ0v) is 17.2. The van der Waals surface area contributed by atoms with E-state index in [4.69, 9.17) is 0 Å².